The van der Waals surface area contributed by atoms with Gasteiger partial charge in [-0.25, -0.2) is 0 Å². The van der Waals surface area contributed by atoms with Crippen LogP contribution in [-0.2, 0) is 6.42 Å². The van der Waals surface area contributed by atoms with Crippen molar-refractivity contribution in [3.05, 3.63) is 58.3 Å². The number of carbonyl (C=O) groups excluding carboxylic acids is 1. The van der Waals surface area contributed by atoms with E-state index in [0.717, 1.165) is 22.7 Å². The van der Waals surface area contributed by atoms with Crippen LogP contribution < -0.4 is 4.74 Å². The molecule has 1 aromatic carbocycles. The third-order valence-electron chi connectivity index (χ3n) is 2.48. The highest BCUT2D eigenvalue weighted by molar-refractivity contribution is 9.10. The van der Waals surface area contributed by atoms with Crippen LogP contribution in [0.5, 0.6) is 5.75 Å². The van der Waals surface area contributed by atoms with Crippen LogP contribution in [0.15, 0.2) is 47.2 Å². The van der Waals surface area contributed by atoms with Crippen molar-refractivity contribution in [2.24, 2.45) is 0 Å². The highest BCUT2D eigenvalue weighted by atomic mass is 79.9. The maximum atomic E-state index is 10.8. The zero-order valence-electron chi connectivity index (χ0n) is 9.67. The second-order valence-corrected chi connectivity index (χ2v) is 4.62. The zero-order chi connectivity index (χ0) is 12.8. The molecule has 18 heavy (non-hydrogen) atoms. The first-order valence-corrected chi connectivity index (χ1v) is 6.35. The molecule has 0 aliphatic rings. The predicted octanol–water partition coefficient (Wildman–Crippen LogP) is 3.28. The Kier molecular flexibility index (Phi) is 4.47. The lowest BCUT2D eigenvalue weighted by atomic mass is 10.2. The fraction of sp³-hybridized carbons (Fsp3) is 0.143. The number of rotatable bonds is 5. The molecule has 1 aromatic heterocycles. The van der Waals surface area contributed by atoms with E-state index in [1.54, 1.807) is 12.3 Å². The Morgan fingerprint density at radius 3 is 2.94 bits per heavy atom. The molecule has 0 N–H and O–H groups in total. The lowest BCUT2D eigenvalue weighted by Crippen LogP contribution is -2.02. The number of halogens is 1. The summed E-state index contributed by atoms with van der Waals surface area (Å²) < 4.78 is 6.38. The summed E-state index contributed by atoms with van der Waals surface area (Å²) in [7, 11) is 0. The molecule has 0 fully saturated rings. The topological polar surface area (TPSA) is 39.2 Å². The monoisotopic (exact) mass is 305 g/mol. The third-order valence-corrected chi connectivity index (χ3v) is 3.20. The molecule has 1 heterocycles. The fourth-order valence-electron chi connectivity index (χ4n) is 1.53. The van der Waals surface area contributed by atoms with E-state index in [1.165, 1.54) is 0 Å². The van der Waals surface area contributed by atoms with Crippen LogP contribution in [0, 0.1) is 0 Å². The van der Waals surface area contributed by atoms with Gasteiger partial charge in [0.25, 0.3) is 0 Å². The Balaban J connectivity index is 1.92. The molecule has 92 valence electrons. The first kappa shape index (κ1) is 12.8. The second-order valence-electron chi connectivity index (χ2n) is 3.76. The van der Waals surface area contributed by atoms with E-state index in [4.69, 9.17) is 4.74 Å². The average Bonchev–Trinajstić information content (AvgIpc) is 2.42. The highest BCUT2D eigenvalue weighted by Gasteiger charge is 2.01. The standard InChI is InChI=1S/C14H12BrNO2/c15-14-4-3-13(8-12(14)10-17)18-7-5-11-2-1-6-16-9-11/h1-4,6,8-10H,5,7H2. The van der Waals surface area contributed by atoms with Gasteiger partial charge in [0.15, 0.2) is 6.29 Å². The van der Waals surface area contributed by atoms with E-state index in [9.17, 15) is 4.79 Å². The van der Waals surface area contributed by atoms with Crippen molar-refractivity contribution >= 4 is 22.2 Å². The van der Waals surface area contributed by atoms with Gasteiger partial charge in [-0.2, -0.15) is 0 Å². The maximum Gasteiger partial charge on any atom is 0.151 e. The minimum absolute atomic E-state index is 0.561. The molecule has 0 unspecified atom stereocenters. The van der Waals surface area contributed by atoms with Crippen LogP contribution in [0.4, 0.5) is 0 Å². The molecular formula is C14H12BrNO2. The normalized spacial score (nSPS) is 10.1. The van der Waals surface area contributed by atoms with E-state index >= 15 is 0 Å². The number of pyridine rings is 1. The summed E-state index contributed by atoms with van der Waals surface area (Å²) in [6, 6.07) is 9.28. The van der Waals surface area contributed by atoms with Gasteiger partial charge in [-0.3, -0.25) is 9.78 Å². The fourth-order valence-corrected chi connectivity index (χ4v) is 1.87. The molecule has 0 aliphatic heterocycles. The van der Waals surface area contributed by atoms with Crippen molar-refractivity contribution in [1.82, 2.24) is 4.98 Å². The molecule has 0 saturated carbocycles. The van der Waals surface area contributed by atoms with Crippen LogP contribution in [0.2, 0.25) is 0 Å². The predicted molar refractivity (Wildman–Crippen MR) is 73.0 cm³/mol. The van der Waals surface area contributed by atoms with Crippen molar-refractivity contribution in [3.63, 3.8) is 0 Å². The number of benzene rings is 1. The molecule has 0 saturated heterocycles. The summed E-state index contributed by atoms with van der Waals surface area (Å²) in [5, 5.41) is 0. The molecule has 4 heteroatoms. The van der Waals surface area contributed by atoms with Gasteiger partial charge in [-0.1, -0.05) is 22.0 Å². The molecule has 0 bridgehead atoms. The average molecular weight is 306 g/mol. The van der Waals surface area contributed by atoms with Crippen LogP contribution in [0.1, 0.15) is 15.9 Å². The summed E-state index contributed by atoms with van der Waals surface area (Å²) in [4.78, 5) is 14.8. The van der Waals surface area contributed by atoms with E-state index in [0.29, 0.717) is 17.9 Å². The second kappa shape index (κ2) is 6.31. The Bertz CT molecular complexity index is 529. The number of carbonyl (C=O) groups is 1. The molecule has 0 atom stereocenters. The van der Waals surface area contributed by atoms with Crippen molar-refractivity contribution in [1.29, 1.82) is 0 Å². The van der Waals surface area contributed by atoms with Crippen LogP contribution in [0.3, 0.4) is 0 Å². The molecule has 0 spiro atoms. The smallest absolute Gasteiger partial charge is 0.151 e. The number of hydrogen-bond acceptors (Lipinski definition) is 3. The highest BCUT2D eigenvalue weighted by Crippen LogP contribution is 2.21. The van der Waals surface area contributed by atoms with Gasteiger partial charge in [0.05, 0.1) is 6.61 Å². The van der Waals surface area contributed by atoms with E-state index < -0.39 is 0 Å². The molecule has 2 rings (SSSR count). The molecular weight excluding hydrogens is 294 g/mol. The van der Waals surface area contributed by atoms with Gasteiger partial charge in [0.1, 0.15) is 5.75 Å². The van der Waals surface area contributed by atoms with Crippen molar-refractivity contribution in [3.8, 4) is 5.75 Å². The molecule has 0 radical (unpaired) electrons. The third kappa shape index (κ3) is 3.40. The quantitative estimate of drug-likeness (QED) is 0.796. The summed E-state index contributed by atoms with van der Waals surface area (Å²) in [5.74, 6) is 0.698. The van der Waals surface area contributed by atoms with Crippen LogP contribution in [0.25, 0.3) is 0 Å². The van der Waals surface area contributed by atoms with Gasteiger partial charge in [-0.05, 0) is 29.8 Å². The van der Waals surface area contributed by atoms with Gasteiger partial charge in [0.2, 0.25) is 0 Å². The van der Waals surface area contributed by atoms with E-state index in [2.05, 4.69) is 20.9 Å². The Labute approximate surface area is 114 Å². The Morgan fingerprint density at radius 1 is 1.33 bits per heavy atom. The number of aromatic nitrogens is 1. The van der Waals surface area contributed by atoms with Gasteiger partial charge in [0, 0.05) is 28.9 Å². The van der Waals surface area contributed by atoms with Gasteiger partial charge < -0.3 is 4.74 Å². The SMILES string of the molecule is O=Cc1cc(OCCc2cccnc2)ccc1Br. The first-order chi connectivity index (χ1) is 8.79. The molecule has 3 nitrogen and oxygen atoms in total. The lowest BCUT2D eigenvalue weighted by molar-refractivity contribution is 0.112. The number of hydrogen-bond donors (Lipinski definition) is 0. The van der Waals surface area contributed by atoms with Gasteiger partial charge in [-0.15, -0.1) is 0 Å². The van der Waals surface area contributed by atoms with Crippen molar-refractivity contribution in [2.75, 3.05) is 6.61 Å². The molecule has 0 aliphatic carbocycles. The number of ether oxygens (including phenoxy) is 1. The molecule has 0 amide bonds. The minimum Gasteiger partial charge on any atom is -0.493 e. The summed E-state index contributed by atoms with van der Waals surface area (Å²) in [6.45, 7) is 0.561. The van der Waals surface area contributed by atoms with E-state index in [1.807, 2.05) is 30.5 Å². The number of nitrogens with zero attached hydrogens (tertiary/aromatic N) is 1. The summed E-state index contributed by atoms with van der Waals surface area (Å²) in [5.41, 5.74) is 1.72. The van der Waals surface area contributed by atoms with E-state index in [-0.39, 0.29) is 0 Å². The first-order valence-electron chi connectivity index (χ1n) is 5.56. The summed E-state index contributed by atoms with van der Waals surface area (Å²) >= 11 is 3.30. The zero-order valence-corrected chi connectivity index (χ0v) is 11.3. The molecule has 2 aromatic rings. The van der Waals surface area contributed by atoms with Crippen molar-refractivity contribution in [2.45, 2.75) is 6.42 Å². The van der Waals surface area contributed by atoms with Crippen LogP contribution >= 0.6 is 15.9 Å². The lowest BCUT2D eigenvalue weighted by Gasteiger charge is -2.07. The van der Waals surface area contributed by atoms with Crippen LogP contribution in [-0.4, -0.2) is 17.9 Å². The van der Waals surface area contributed by atoms with Gasteiger partial charge >= 0.3 is 0 Å². The number of aldehydes is 1. The summed E-state index contributed by atoms with van der Waals surface area (Å²) in [6.07, 6.45) is 5.16. The Hall–Kier alpha value is -1.68. The largest absolute Gasteiger partial charge is 0.493 e. The minimum atomic E-state index is 0.561. The van der Waals surface area contributed by atoms with Crippen molar-refractivity contribution < 1.29 is 9.53 Å². The Morgan fingerprint density at radius 2 is 2.22 bits per heavy atom. The maximum absolute atomic E-state index is 10.8.